The highest BCUT2D eigenvalue weighted by Gasteiger charge is 2.23. The largest absolute Gasteiger partial charge is 0.316 e. The van der Waals surface area contributed by atoms with E-state index in [1.807, 2.05) is 12.1 Å². The molecule has 0 spiro atoms. The highest BCUT2D eigenvalue weighted by Crippen LogP contribution is 2.27. The van der Waals surface area contributed by atoms with E-state index in [-0.39, 0.29) is 0 Å². The zero-order chi connectivity index (χ0) is 11.1. The lowest BCUT2D eigenvalue weighted by Crippen LogP contribution is -2.10. The van der Waals surface area contributed by atoms with Crippen molar-refractivity contribution in [3.05, 3.63) is 34.9 Å². The summed E-state index contributed by atoms with van der Waals surface area (Å²) in [7, 11) is 0. The number of nitrogens with zero attached hydrogens (tertiary/aromatic N) is 2. The van der Waals surface area contributed by atoms with Gasteiger partial charge >= 0.3 is 0 Å². The molecule has 1 unspecified atom stereocenters. The molecule has 0 bridgehead atoms. The Kier molecular flexibility index (Phi) is 2.37. The lowest BCUT2D eigenvalue weighted by Gasteiger charge is -2.09. The molecule has 0 saturated carbocycles. The van der Waals surface area contributed by atoms with Gasteiger partial charge in [-0.05, 0) is 32.0 Å². The van der Waals surface area contributed by atoms with E-state index in [2.05, 4.69) is 27.7 Å². The van der Waals surface area contributed by atoms with Gasteiger partial charge in [-0.3, -0.25) is 4.40 Å². The fraction of sp³-hybridized carbons (Fsp3) is 0.417. The van der Waals surface area contributed by atoms with Crippen LogP contribution in [0.4, 0.5) is 0 Å². The van der Waals surface area contributed by atoms with E-state index in [4.69, 9.17) is 11.6 Å². The molecule has 1 saturated heterocycles. The van der Waals surface area contributed by atoms with E-state index >= 15 is 0 Å². The average molecular weight is 236 g/mol. The number of rotatable bonds is 1. The zero-order valence-corrected chi connectivity index (χ0v) is 9.96. The predicted octanol–water partition coefficient (Wildman–Crippen LogP) is 2.37. The van der Waals surface area contributed by atoms with Crippen LogP contribution in [0.3, 0.4) is 0 Å². The van der Waals surface area contributed by atoms with Crippen LogP contribution in [0.5, 0.6) is 0 Å². The van der Waals surface area contributed by atoms with Crippen molar-refractivity contribution in [2.45, 2.75) is 19.3 Å². The SMILES string of the molecule is Cc1cccc2c(Cl)nc(C3CCNC3)n12. The maximum atomic E-state index is 6.18. The molecule has 1 aliphatic heterocycles. The molecule has 0 amide bonds. The van der Waals surface area contributed by atoms with Gasteiger partial charge in [0.25, 0.3) is 0 Å². The Bertz CT molecular complexity index is 526. The van der Waals surface area contributed by atoms with Crippen LogP contribution < -0.4 is 5.32 Å². The van der Waals surface area contributed by atoms with Crippen LogP contribution in [-0.4, -0.2) is 22.5 Å². The number of halogens is 1. The Labute approximate surface area is 99.4 Å². The van der Waals surface area contributed by atoms with Crippen LogP contribution in [0.25, 0.3) is 5.52 Å². The fourth-order valence-corrected chi connectivity index (χ4v) is 2.67. The van der Waals surface area contributed by atoms with Gasteiger partial charge in [0, 0.05) is 18.2 Å². The molecule has 84 valence electrons. The number of nitrogens with one attached hydrogen (secondary N) is 1. The minimum Gasteiger partial charge on any atom is -0.316 e. The molecule has 1 fully saturated rings. The fourth-order valence-electron chi connectivity index (χ4n) is 2.44. The third-order valence-electron chi connectivity index (χ3n) is 3.26. The highest BCUT2D eigenvalue weighted by molar-refractivity contribution is 6.32. The standard InChI is InChI=1S/C12H14ClN3/c1-8-3-2-4-10-11(13)15-12(16(8)10)9-5-6-14-7-9/h2-4,9,14H,5-7H2,1H3. The second-order valence-electron chi connectivity index (χ2n) is 4.34. The van der Waals surface area contributed by atoms with Gasteiger partial charge in [0.2, 0.25) is 0 Å². The first-order chi connectivity index (χ1) is 7.77. The molecule has 1 aliphatic rings. The van der Waals surface area contributed by atoms with Gasteiger partial charge in [-0.2, -0.15) is 0 Å². The van der Waals surface area contributed by atoms with Crippen LogP contribution in [0.2, 0.25) is 5.15 Å². The molecule has 1 atom stereocenters. The maximum absolute atomic E-state index is 6.18. The van der Waals surface area contributed by atoms with Crippen molar-refractivity contribution < 1.29 is 0 Å². The Hall–Kier alpha value is -1.06. The number of pyridine rings is 1. The molecule has 3 rings (SSSR count). The van der Waals surface area contributed by atoms with E-state index < -0.39 is 0 Å². The van der Waals surface area contributed by atoms with E-state index in [0.717, 1.165) is 30.9 Å². The average Bonchev–Trinajstić information content (AvgIpc) is 2.87. The van der Waals surface area contributed by atoms with Gasteiger partial charge < -0.3 is 5.32 Å². The summed E-state index contributed by atoms with van der Waals surface area (Å²) in [6.07, 6.45) is 1.14. The first-order valence-corrected chi connectivity index (χ1v) is 5.99. The molecular formula is C12H14ClN3. The monoisotopic (exact) mass is 235 g/mol. The Morgan fingerprint density at radius 1 is 1.50 bits per heavy atom. The Morgan fingerprint density at radius 3 is 3.12 bits per heavy atom. The van der Waals surface area contributed by atoms with E-state index in [0.29, 0.717) is 11.1 Å². The molecule has 3 heterocycles. The Morgan fingerprint density at radius 2 is 2.38 bits per heavy atom. The summed E-state index contributed by atoms with van der Waals surface area (Å²) < 4.78 is 2.18. The van der Waals surface area contributed by atoms with Gasteiger partial charge in [-0.15, -0.1) is 0 Å². The molecule has 0 radical (unpaired) electrons. The van der Waals surface area contributed by atoms with Crippen molar-refractivity contribution in [3.63, 3.8) is 0 Å². The maximum Gasteiger partial charge on any atom is 0.155 e. The van der Waals surface area contributed by atoms with Crippen LogP contribution in [0, 0.1) is 6.92 Å². The van der Waals surface area contributed by atoms with E-state index in [1.165, 1.54) is 5.69 Å². The van der Waals surface area contributed by atoms with Crippen LogP contribution >= 0.6 is 11.6 Å². The molecular weight excluding hydrogens is 222 g/mol. The highest BCUT2D eigenvalue weighted by atomic mass is 35.5. The number of imidazole rings is 1. The minimum atomic E-state index is 0.487. The van der Waals surface area contributed by atoms with Gasteiger partial charge in [-0.1, -0.05) is 17.7 Å². The minimum absolute atomic E-state index is 0.487. The number of hydrogen-bond acceptors (Lipinski definition) is 2. The smallest absolute Gasteiger partial charge is 0.155 e. The third-order valence-corrected chi connectivity index (χ3v) is 3.54. The van der Waals surface area contributed by atoms with Crippen molar-refractivity contribution in [2.75, 3.05) is 13.1 Å². The number of aryl methyl sites for hydroxylation is 1. The second kappa shape index (κ2) is 3.75. The topological polar surface area (TPSA) is 29.3 Å². The van der Waals surface area contributed by atoms with Crippen molar-refractivity contribution in [1.29, 1.82) is 0 Å². The van der Waals surface area contributed by atoms with E-state index in [9.17, 15) is 0 Å². The number of fused-ring (bicyclic) bond motifs is 1. The normalized spacial score (nSPS) is 20.8. The molecule has 3 nitrogen and oxygen atoms in total. The molecule has 2 aromatic heterocycles. The second-order valence-corrected chi connectivity index (χ2v) is 4.70. The Balaban J connectivity index is 2.24. The van der Waals surface area contributed by atoms with Crippen LogP contribution in [0.1, 0.15) is 23.9 Å². The molecule has 0 aromatic carbocycles. The molecule has 4 heteroatoms. The lowest BCUT2D eigenvalue weighted by molar-refractivity contribution is 0.694. The summed E-state index contributed by atoms with van der Waals surface area (Å²) in [5, 5.41) is 3.98. The van der Waals surface area contributed by atoms with Crippen LogP contribution in [0.15, 0.2) is 18.2 Å². The summed E-state index contributed by atoms with van der Waals surface area (Å²) in [5.41, 5.74) is 2.21. The lowest BCUT2D eigenvalue weighted by atomic mass is 10.1. The van der Waals surface area contributed by atoms with Gasteiger partial charge in [0.15, 0.2) is 5.15 Å². The molecule has 0 aliphatic carbocycles. The predicted molar refractivity (Wildman–Crippen MR) is 65.2 cm³/mol. The summed E-state index contributed by atoms with van der Waals surface area (Å²) in [4.78, 5) is 4.52. The molecule has 16 heavy (non-hydrogen) atoms. The third kappa shape index (κ3) is 1.43. The van der Waals surface area contributed by atoms with Gasteiger partial charge in [-0.25, -0.2) is 4.98 Å². The van der Waals surface area contributed by atoms with Gasteiger partial charge in [0.05, 0.1) is 5.52 Å². The van der Waals surface area contributed by atoms with Crippen molar-refractivity contribution in [2.24, 2.45) is 0 Å². The first kappa shape index (κ1) is 10.1. The van der Waals surface area contributed by atoms with Crippen molar-refractivity contribution in [3.8, 4) is 0 Å². The zero-order valence-electron chi connectivity index (χ0n) is 9.20. The van der Waals surface area contributed by atoms with Crippen LogP contribution in [-0.2, 0) is 0 Å². The summed E-state index contributed by atoms with van der Waals surface area (Å²) in [6, 6.07) is 6.14. The number of aromatic nitrogens is 2. The van der Waals surface area contributed by atoms with Gasteiger partial charge in [0.1, 0.15) is 5.82 Å². The first-order valence-electron chi connectivity index (χ1n) is 5.61. The van der Waals surface area contributed by atoms with Crippen molar-refractivity contribution >= 4 is 17.1 Å². The molecule has 2 aromatic rings. The summed E-state index contributed by atoms with van der Waals surface area (Å²) in [5.74, 6) is 1.59. The molecule has 1 N–H and O–H groups in total. The van der Waals surface area contributed by atoms with Crippen molar-refractivity contribution in [1.82, 2.24) is 14.7 Å². The number of hydrogen-bond donors (Lipinski definition) is 1. The summed E-state index contributed by atoms with van der Waals surface area (Å²) in [6.45, 7) is 4.17. The van der Waals surface area contributed by atoms with E-state index in [1.54, 1.807) is 0 Å². The quantitative estimate of drug-likeness (QED) is 0.823. The summed E-state index contributed by atoms with van der Waals surface area (Å²) >= 11 is 6.18.